The molecule has 11 heteroatoms. The number of ether oxygens (including phenoxy) is 3. The number of furan rings is 1. The summed E-state index contributed by atoms with van der Waals surface area (Å²) in [7, 11) is 0. The van der Waals surface area contributed by atoms with Crippen molar-refractivity contribution in [3.63, 3.8) is 0 Å². The maximum Gasteiger partial charge on any atom is 0.257 e. The van der Waals surface area contributed by atoms with Crippen LogP contribution in [0, 0.1) is 0 Å². The number of aromatic nitrogens is 2. The number of nitrogens with zero attached hydrogens (tertiary/aromatic N) is 2. The van der Waals surface area contributed by atoms with Crippen molar-refractivity contribution in [1.29, 1.82) is 0 Å². The molecule has 2 aromatic heterocycles. The van der Waals surface area contributed by atoms with E-state index in [0.29, 0.717) is 60.0 Å². The van der Waals surface area contributed by atoms with Gasteiger partial charge in [0, 0.05) is 22.6 Å². The lowest BCUT2D eigenvalue weighted by Crippen LogP contribution is -2.28. The third-order valence-electron chi connectivity index (χ3n) is 5.36. The molecule has 1 aliphatic heterocycles. The highest BCUT2D eigenvalue weighted by Crippen LogP contribution is 2.40. The van der Waals surface area contributed by atoms with E-state index >= 15 is 0 Å². The first-order valence-electron chi connectivity index (χ1n) is 11.9. The van der Waals surface area contributed by atoms with Crippen LogP contribution in [0.1, 0.15) is 48.1 Å². The van der Waals surface area contributed by atoms with Crippen LogP contribution in [0.2, 0.25) is 0 Å². The molecule has 36 heavy (non-hydrogen) atoms. The van der Waals surface area contributed by atoms with E-state index in [1.165, 1.54) is 0 Å². The predicted octanol–water partition coefficient (Wildman–Crippen LogP) is 3.99. The molecule has 1 aliphatic rings. The van der Waals surface area contributed by atoms with Gasteiger partial charge in [0.15, 0.2) is 11.5 Å². The van der Waals surface area contributed by atoms with E-state index in [1.54, 1.807) is 47.0 Å². The summed E-state index contributed by atoms with van der Waals surface area (Å²) in [5.74, 6) is 3.32. The van der Waals surface area contributed by atoms with Gasteiger partial charge in [-0.15, -0.1) is 0 Å². The van der Waals surface area contributed by atoms with Crippen molar-refractivity contribution in [3.05, 3.63) is 53.1 Å². The molecule has 0 aliphatic carbocycles. The highest BCUT2D eigenvalue weighted by molar-refractivity contribution is 7.98. The number of benzene rings is 1. The molecule has 0 saturated heterocycles. The summed E-state index contributed by atoms with van der Waals surface area (Å²) in [5, 5.41) is 10.4. The quantitative estimate of drug-likeness (QED) is 0.373. The topological polar surface area (TPSA) is 117 Å². The molecule has 0 radical (unpaired) electrons. The number of thioether (sulfide) groups is 1. The lowest BCUT2D eigenvalue weighted by molar-refractivity contribution is -0.122. The molecule has 0 fully saturated rings. The standard InChI is InChI=1S/C25H30N4O6S/c1-4-32-20-10-16(11-21(33-5-2)23(20)34-6-3)25(31)27-24-18-14-36-15-19(18)28-29(24)13-22(30)26-12-17-8-7-9-35-17/h7-11H,4-6,12-15H2,1-3H3,(H,26,30)(H,27,31). The molecule has 1 aromatic carbocycles. The van der Waals surface area contributed by atoms with Crippen molar-refractivity contribution in [2.24, 2.45) is 0 Å². The fourth-order valence-electron chi connectivity index (χ4n) is 3.81. The van der Waals surface area contributed by atoms with Crippen molar-refractivity contribution >= 4 is 29.4 Å². The minimum atomic E-state index is -0.364. The van der Waals surface area contributed by atoms with E-state index in [0.717, 1.165) is 17.0 Å². The van der Waals surface area contributed by atoms with Crippen LogP contribution in [0.15, 0.2) is 34.9 Å². The third kappa shape index (κ3) is 5.78. The van der Waals surface area contributed by atoms with Gasteiger partial charge in [-0.25, -0.2) is 4.68 Å². The van der Waals surface area contributed by atoms with Gasteiger partial charge < -0.3 is 29.3 Å². The minimum Gasteiger partial charge on any atom is -0.490 e. The Balaban J connectivity index is 1.57. The number of anilines is 1. The smallest absolute Gasteiger partial charge is 0.257 e. The SMILES string of the molecule is CCOc1cc(C(=O)Nc2c3c(nn2CC(=O)NCc2ccco2)CSC3)cc(OCC)c1OCC. The lowest BCUT2D eigenvalue weighted by Gasteiger charge is -2.17. The van der Waals surface area contributed by atoms with Crippen molar-refractivity contribution in [2.75, 3.05) is 25.1 Å². The summed E-state index contributed by atoms with van der Waals surface area (Å²) in [6.45, 7) is 7.07. The Morgan fingerprint density at radius 1 is 1.08 bits per heavy atom. The molecule has 192 valence electrons. The molecular formula is C25H30N4O6S. The minimum absolute atomic E-state index is 0.0361. The van der Waals surface area contributed by atoms with Gasteiger partial charge in [0.2, 0.25) is 11.7 Å². The largest absolute Gasteiger partial charge is 0.490 e. The molecule has 0 unspecified atom stereocenters. The van der Waals surface area contributed by atoms with Crippen LogP contribution in [0.4, 0.5) is 5.82 Å². The van der Waals surface area contributed by atoms with Gasteiger partial charge in [-0.3, -0.25) is 9.59 Å². The average Bonchev–Trinajstić information content (AvgIpc) is 3.60. The van der Waals surface area contributed by atoms with Gasteiger partial charge in [0.25, 0.3) is 5.91 Å². The first kappa shape index (κ1) is 25.5. The normalized spacial score (nSPS) is 12.2. The van der Waals surface area contributed by atoms with E-state index in [1.807, 2.05) is 20.8 Å². The number of hydrogen-bond donors (Lipinski definition) is 2. The summed E-state index contributed by atoms with van der Waals surface area (Å²) in [6.07, 6.45) is 1.56. The lowest BCUT2D eigenvalue weighted by atomic mass is 10.1. The van der Waals surface area contributed by atoms with Crippen molar-refractivity contribution in [2.45, 2.75) is 45.4 Å². The van der Waals surface area contributed by atoms with Gasteiger partial charge in [0.1, 0.15) is 18.1 Å². The van der Waals surface area contributed by atoms with Crippen LogP contribution in [-0.2, 0) is 29.4 Å². The number of rotatable bonds is 12. The first-order valence-corrected chi connectivity index (χ1v) is 13.0. The molecule has 3 aromatic rings. The number of carbonyl (C=O) groups excluding carboxylic acids is 2. The maximum absolute atomic E-state index is 13.4. The average molecular weight is 515 g/mol. The Morgan fingerprint density at radius 3 is 2.44 bits per heavy atom. The van der Waals surface area contributed by atoms with Crippen molar-refractivity contribution < 1.29 is 28.2 Å². The third-order valence-corrected chi connectivity index (χ3v) is 6.33. The predicted molar refractivity (Wildman–Crippen MR) is 136 cm³/mol. The number of hydrogen-bond acceptors (Lipinski definition) is 8. The fourth-order valence-corrected chi connectivity index (χ4v) is 4.85. The van der Waals surface area contributed by atoms with E-state index in [9.17, 15) is 9.59 Å². The van der Waals surface area contributed by atoms with Crippen LogP contribution in [0.25, 0.3) is 0 Å². The van der Waals surface area contributed by atoms with Crippen molar-refractivity contribution in [3.8, 4) is 17.2 Å². The zero-order chi connectivity index (χ0) is 25.5. The highest BCUT2D eigenvalue weighted by Gasteiger charge is 2.26. The van der Waals surface area contributed by atoms with Crippen LogP contribution in [0.3, 0.4) is 0 Å². The fraction of sp³-hybridized carbons (Fsp3) is 0.400. The summed E-state index contributed by atoms with van der Waals surface area (Å²) in [5.41, 5.74) is 2.14. The Hall–Kier alpha value is -3.60. The number of fused-ring (bicyclic) bond motifs is 1. The molecule has 4 rings (SSSR count). The number of nitrogens with one attached hydrogen (secondary N) is 2. The van der Waals surface area contributed by atoms with E-state index in [-0.39, 0.29) is 24.9 Å². The van der Waals surface area contributed by atoms with Crippen LogP contribution >= 0.6 is 11.8 Å². The summed E-state index contributed by atoms with van der Waals surface area (Å²) >= 11 is 1.71. The second kappa shape index (κ2) is 11.9. The molecule has 0 atom stereocenters. The highest BCUT2D eigenvalue weighted by atomic mass is 32.2. The van der Waals surface area contributed by atoms with Crippen LogP contribution < -0.4 is 24.8 Å². The van der Waals surface area contributed by atoms with Crippen LogP contribution in [-0.4, -0.2) is 41.4 Å². The van der Waals surface area contributed by atoms with Gasteiger partial charge in [-0.2, -0.15) is 16.9 Å². The van der Waals surface area contributed by atoms with Gasteiger partial charge in [0.05, 0.1) is 38.3 Å². The molecule has 0 bridgehead atoms. The second-order valence-corrected chi connectivity index (χ2v) is 8.82. The molecule has 0 spiro atoms. The summed E-state index contributed by atoms with van der Waals surface area (Å²) in [6, 6.07) is 6.82. The maximum atomic E-state index is 13.4. The monoisotopic (exact) mass is 514 g/mol. The Labute approximate surface area is 213 Å². The molecule has 0 saturated carbocycles. The number of carbonyl (C=O) groups is 2. The summed E-state index contributed by atoms with van der Waals surface area (Å²) in [4.78, 5) is 26.0. The molecular weight excluding hydrogens is 484 g/mol. The Bertz CT molecular complexity index is 1180. The Kier molecular flexibility index (Phi) is 8.42. The van der Waals surface area contributed by atoms with E-state index < -0.39 is 0 Å². The van der Waals surface area contributed by atoms with Gasteiger partial charge >= 0.3 is 0 Å². The van der Waals surface area contributed by atoms with Gasteiger partial charge in [-0.1, -0.05) is 0 Å². The number of amides is 2. The zero-order valence-electron chi connectivity index (χ0n) is 20.6. The van der Waals surface area contributed by atoms with Gasteiger partial charge in [-0.05, 0) is 45.0 Å². The molecule has 2 N–H and O–H groups in total. The molecule has 3 heterocycles. The zero-order valence-corrected chi connectivity index (χ0v) is 21.4. The van der Waals surface area contributed by atoms with Crippen LogP contribution in [0.5, 0.6) is 17.2 Å². The van der Waals surface area contributed by atoms with E-state index in [2.05, 4.69) is 15.7 Å². The van der Waals surface area contributed by atoms with E-state index in [4.69, 9.17) is 18.6 Å². The Morgan fingerprint density at radius 2 is 1.81 bits per heavy atom. The molecule has 10 nitrogen and oxygen atoms in total. The second-order valence-electron chi connectivity index (χ2n) is 7.84. The molecule has 2 amide bonds. The first-order chi connectivity index (χ1) is 17.5. The summed E-state index contributed by atoms with van der Waals surface area (Å²) < 4.78 is 24.0. The van der Waals surface area contributed by atoms with Crippen molar-refractivity contribution in [1.82, 2.24) is 15.1 Å².